The summed E-state index contributed by atoms with van der Waals surface area (Å²) in [6, 6.07) is 0. The minimum absolute atomic E-state index is 0.264. The molecule has 0 N–H and O–H groups in total. The van der Waals surface area contributed by atoms with Gasteiger partial charge in [-0.25, -0.2) is 0 Å². The standard InChI is InChI=1S/C7H14O3/c1-4-5-10-6-7(8-2)9-3/h4,7H,1,5-6H2,2-3H3. The second kappa shape index (κ2) is 6.74. The van der Waals surface area contributed by atoms with Gasteiger partial charge in [-0.1, -0.05) is 6.08 Å². The van der Waals surface area contributed by atoms with Crippen molar-refractivity contribution in [1.29, 1.82) is 0 Å². The zero-order chi connectivity index (χ0) is 7.82. The molecule has 0 aromatic carbocycles. The first-order chi connectivity index (χ1) is 4.85. The van der Waals surface area contributed by atoms with Crippen molar-refractivity contribution < 1.29 is 14.2 Å². The minimum Gasteiger partial charge on any atom is -0.372 e. The van der Waals surface area contributed by atoms with Gasteiger partial charge in [0, 0.05) is 14.2 Å². The third-order valence-corrected chi connectivity index (χ3v) is 1.02. The van der Waals surface area contributed by atoms with Crippen LogP contribution < -0.4 is 0 Å². The smallest absolute Gasteiger partial charge is 0.180 e. The van der Waals surface area contributed by atoms with Crippen LogP contribution in [0.2, 0.25) is 0 Å². The van der Waals surface area contributed by atoms with Crippen LogP contribution >= 0.6 is 0 Å². The molecule has 0 aliphatic heterocycles. The first-order valence-electron chi connectivity index (χ1n) is 3.09. The Morgan fingerprint density at radius 3 is 2.40 bits per heavy atom. The van der Waals surface area contributed by atoms with E-state index in [4.69, 9.17) is 14.2 Å². The molecule has 10 heavy (non-hydrogen) atoms. The maximum absolute atomic E-state index is 5.06. The molecular formula is C7H14O3. The lowest BCUT2D eigenvalue weighted by Gasteiger charge is -2.11. The molecule has 0 bridgehead atoms. The minimum atomic E-state index is -0.264. The molecule has 0 aromatic rings. The average Bonchev–Trinajstić information content (AvgIpc) is 1.99. The summed E-state index contributed by atoms with van der Waals surface area (Å²) in [5, 5.41) is 0. The summed E-state index contributed by atoms with van der Waals surface area (Å²) in [4.78, 5) is 0. The van der Waals surface area contributed by atoms with Gasteiger partial charge in [-0.2, -0.15) is 0 Å². The second-order valence-corrected chi connectivity index (χ2v) is 1.73. The van der Waals surface area contributed by atoms with Gasteiger partial charge in [0.1, 0.15) is 0 Å². The van der Waals surface area contributed by atoms with Crippen LogP contribution in [0.4, 0.5) is 0 Å². The molecule has 60 valence electrons. The van der Waals surface area contributed by atoms with Crippen LogP contribution in [0.1, 0.15) is 0 Å². The zero-order valence-electron chi connectivity index (χ0n) is 6.50. The molecule has 0 unspecified atom stereocenters. The van der Waals surface area contributed by atoms with Gasteiger partial charge in [0.2, 0.25) is 0 Å². The second-order valence-electron chi connectivity index (χ2n) is 1.73. The van der Waals surface area contributed by atoms with Gasteiger partial charge in [-0.05, 0) is 0 Å². The van der Waals surface area contributed by atoms with Crippen LogP contribution in [0, 0.1) is 0 Å². The van der Waals surface area contributed by atoms with E-state index < -0.39 is 0 Å². The number of hydrogen-bond acceptors (Lipinski definition) is 3. The summed E-state index contributed by atoms with van der Waals surface area (Å²) in [7, 11) is 3.15. The lowest BCUT2D eigenvalue weighted by molar-refractivity contribution is -0.137. The number of methoxy groups -OCH3 is 2. The van der Waals surface area contributed by atoms with Crippen molar-refractivity contribution in [3.63, 3.8) is 0 Å². The van der Waals surface area contributed by atoms with Gasteiger partial charge in [0.15, 0.2) is 6.29 Å². The Balaban J connectivity index is 3.16. The predicted octanol–water partition coefficient (Wildman–Crippen LogP) is 0.808. The quantitative estimate of drug-likeness (QED) is 0.315. The average molecular weight is 146 g/mol. The first kappa shape index (κ1) is 9.62. The van der Waals surface area contributed by atoms with E-state index in [1.54, 1.807) is 20.3 Å². The Kier molecular flexibility index (Phi) is 6.48. The van der Waals surface area contributed by atoms with Crippen molar-refractivity contribution in [2.45, 2.75) is 6.29 Å². The van der Waals surface area contributed by atoms with Gasteiger partial charge in [-0.15, -0.1) is 6.58 Å². The fourth-order valence-corrected chi connectivity index (χ4v) is 0.480. The van der Waals surface area contributed by atoms with E-state index >= 15 is 0 Å². The fraction of sp³-hybridized carbons (Fsp3) is 0.714. The molecule has 0 rings (SSSR count). The monoisotopic (exact) mass is 146 g/mol. The molecular weight excluding hydrogens is 132 g/mol. The third kappa shape index (κ3) is 4.49. The SMILES string of the molecule is C=CCOCC(OC)OC. The summed E-state index contributed by atoms with van der Waals surface area (Å²) in [6.07, 6.45) is 1.42. The third-order valence-electron chi connectivity index (χ3n) is 1.02. The topological polar surface area (TPSA) is 27.7 Å². The lowest BCUT2D eigenvalue weighted by Crippen LogP contribution is -2.20. The molecule has 3 nitrogen and oxygen atoms in total. The molecule has 0 amide bonds. The number of hydrogen-bond donors (Lipinski definition) is 0. The fourth-order valence-electron chi connectivity index (χ4n) is 0.480. The molecule has 0 fully saturated rings. The van der Waals surface area contributed by atoms with Crippen LogP contribution in [-0.2, 0) is 14.2 Å². The highest BCUT2D eigenvalue weighted by molar-refractivity contribution is 4.63. The van der Waals surface area contributed by atoms with Gasteiger partial charge < -0.3 is 14.2 Å². The summed E-state index contributed by atoms with van der Waals surface area (Å²) < 4.78 is 14.8. The Morgan fingerprint density at radius 2 is 2.00 bits per heavy atom. The number of ether oxygens (including phenoxy) is 3. The van der Waals surface area contributed by atoms with Gasteiger partial charge >= 0.3 is 0 Å². The largest absolute Gasteiger partial charge is 0.372 e. The van der Waals surface area contributed by atoms with E-state index in [9.17, 15) is 0 Å². The zero-order valence-corrected chi connectivity index (χ0v) is 6.50. The molecule has 3 heteroatoms. The molecule has 0 saturated heterocycles. The highest BCUT2D eigenvalue weighted by Gasteiger charge is 2.02. The Labute approximate surface area is 61.6 Å². The number of rotatable bonds is 6. The molecule has 0 saturated carbocycles. The van der Waals surface area contributed by atoms with E-state index in [0.717, 1.165) is 0 Å². The van der Waals surface area contributed by atoms with Crippen molar-refractivity contribution in [1.82, 2.24) is 0 Å². The highest BCUT2D eigenvalue weighted by Crippen LogP contribution is 1.90. The van der Waals surface area contributed by atoms with E-state index in [1.165, 1.54) is 0 Å². The van der Waals surface area contributed by atoms with E-state index in [-0.39, 0.29) is 6.29 Å². The molecule has 0 radical (unpaired) electrons. The summed E-state index contributed by atoms with van der Waals surface area (Å²) >= 11 is 0. The van der Waals surface area contributed by atoms with Gasteiger partial charge in [0.25, 0.3) is 0 Å². The van der Waals surface area contributed by atoms with E-state index in [1.807, 2.05) is 0 Å². The Hall–Kier alpha value is -0.380. The molecule has 0 atom stereocenters. The Bertz CT molecular complexity index is 78.9. The van der Waals surface area contributed by atoms with Crippen molar-refractivity contribution >= 4 is 0 Å². The van der Waals surface area contributed by atoms with Crippen molar-refractivity contribution in [2.24, 2.45) is 0 Å². The molecule has 0 aliphatic rings. The normalized spacial score (nSPS) is 10.3. The predicted molar refractivity (Wildman–Crippen MR) is 38.8 cm³/mol. The van der Waals surface area contributed by atoms with Crippen LogP contribution in [0.5, 0.6) is 0 Å². The van der Waals surface area contributed by atoms with Crippen molar-refractivity contribution in [2.75, 3.05) is 27.4 Å². The highest BCUT2D eigenvalue weighted by atomic mass is 16.7. The maximum Gasteiger partial charge on any atom is 0.180 e. The summed E-state index contributed by atoms with van der Waals surface area (Å²) in [5.41, 5.74) is 0. The van der Waals surface area contributed by atoms with Crippen LogP contribution in [0.15, 0.2) is 12.7 Å². The molecule has 0 aliphatic carbocycles. The first-order valence-corrected chi connectivity index (χ1v) is 3.09. The van der Waals surface area contributed by atoms with Crippen LogP contribution in [-0.4, -0.2) is 33.7 Å². The van der Waals surface area contributed by atoms with Gasteiger partial charge in [0.05, 0.1) is 13.2 Å². The summed E-state index contributed by atoms with van der Waals surface area (Å²) in [6.45, 7) is 4.48. The summed E-state index contributed by atoms with van der Waals surface area (Å²) in [5.74, 6) is 0. The van der Waals surface area contributed by atoms with Gasteiger partial charge in [-0.3, -0.25) is 0 Å². The van der Waals surface area contributed by atoms with Crippen molar-refractivity contribution in [3.8, 4) is 0 Å². The van der Waals surface area contributed by atoms with Crippen LogP contribution in [0.25, 0.3) is 0 Å². The molecule has 0 aromatic heterocycles. The Morgan fingerprint density at radius 1 is 1.40 bits per heavy atom. The van der Waals surface area contributed by atoms with Crippen molar-refractivity contribution in [3.05, 3.63) is 12.7 Å². The molecule has 0 spiro atoms. The molecule has 0 heterocycles. The van der Waals surface area contributed by atoms with E-state index in [2.05, 4.69) is 6.58 Å². The van der Waals surface area contributed by atoms with E-state index in [0.29, 0.717) is 13.2 Å². The maximum atomic E-state index is 5.06. The van der Waals surface area contributed by atoms with Crippen LogP contribution in [0.3, 0.4) is 0 Å². The lowest BCUT2D eigenvalue weighted by atomic mass is 10.6.